The molecule has 2 rings (SSSR count). The molecule has 1 amide bonds. The van der Waals surface area contributed by atoms with Crippen LogP contribution in [0.4, 0.5) is 10.5 Å². The maximum atomic E-state index is 12.1. The molecule has 114 valence electrons. The quantitative estimate of drug-likeness (QED) is 0.587. The lowest BCUT2D eigenvalue weighted by molar-refractivity contribution is -0.385. The van der Waals surface area contributed by atoms with Crippen LogP contribution in [-0.4, -0.2) is 33.0 Å². The van der Waals surface area contributed by atoms with Gasteiger partial charge in [0.25, 0.3) is 5.69 Å². The van der Waals surface area contributed by atoms with Gasteiger partial charge in [0.2, 0.25) is 0 Å². The van der Waals surface area contributed by atoms with Gasteiger partial charge in [0.1, 0.15) is 11.8 Å². The Morgan fingerprint density at radius 3 is 2.76 bits per heavy atom. The number of fused-ring (bicyclic) bond motifs is 1. The summed E-state index contributed by atoms with van der Waals surface area (Å²) in [6, 6.07) is 1.48. The van der Waals surface area contributed by atoms with E-state index in [0.717, 1.165) is 5.69 Å². The second-order valence-electron chi connectivity index (χ2n) is 6.26. The molecule has 2 heterocycles. The van der Waals surface area contributed by atoms with Gasteiger partial charge in [0, 0.05) is 24.1 Å². The molecular formula is C14H19N3O4. The third-order valence-corrected chi connectivity index (χ3v) is 3.17. The van der Waals surface area contributed by atoms with E-state index in [1.165, 1.54) is 12.3 Å². The lowest BCUT2D eigenvalue weighted by atomic mass is 9.96. The smallest absolute Gasteiger partial charge is 0.410 e. The molecule has 1 aromatic rings. The Hall–Kier alpha value is -2.18. The molecule has 1 aliphatic heterocycles. The molecule has 0 radical (unpaired) electrons. The molecule has 0 spiro atoms. The van der Waals surface area contributed by atoms with Gasteiger partial charge in [-0.15, -0.1) is 0 Å². The third-order valence-electron chi connectivity index (χ3n) is 3.17. The predicted octanol–water partition coefficient (Wildman–Crippen LogP) is 2.84. The first kappa shape index (κ1) is 15.2. The zero-order chi connectivity index (χ0) is 15.8. The molecular weight excluding hydrogens is 274 g/mol. The highest BCUT2D eigenvalue weighted by atomic mass is 16.6. The molecule has 7 nitrogen and oxygen atoms in total. The van der Waals surface area contributed by atoms with Crippen LogP contribution < -0.4 is 0 Å². The largest absolute Gasteiger partial charge is 0.444 e. The molecule has 1 aromatic heterocycles. The summed E-state index contributed by atoms with van der Waals surface area (Å²) in [5.41, 5.74) is 0.878. The Kier molecular flexibility index (Phi) is 3.85. The molecule has 21 heavy (non-hydrogen) atoms. The number of carbonyl (C=O) groups excluding carboxylic acids is 1. The number of hydrogen-bond donors (Lipinski definition) is 0. The fourth-order valence-electron chi connectivity index (χ4n) is 2.33. The van der Waals surface area contributed by atoms with Crippen LogP contribution >= 0.6 is 0 Å². The standard InChI is InChI=1S/C14H19N3O4/c1-9-7-16(13(18)21-14(2,3)4)8-10-5-11(17(19)20)6-15-12(9)10/h5-6,9H,7-8H2,1-4H3. The topological polar surface area (TPSA) is 85.6 Å². The van der Waals surface area contributed by atoms with Crippen molar-refractivity contribution in [3.63, 3.8) is 0 Å². The molecule has 1 atom stereocenters. The summed E-state index contributed by atoms with van der Waals surface area (Å²) in [6.07, 6.45) is 0.852. The highest BCUT2D eigenvalue weighted by Gasteiger charge is 2.30. The van der Waals surface area contributed by atoms with E-state index in [1.54, 1.807) is 25.7 Å². The van der Waals surface area contributed by atoms with Crippen molar-refractivity contribution in [2.75, 3.05) is 6.54 Å². The summed E-state index contributed by atoms with van der Waals surface area (Å²) in [6.45, 7) is 8.13. The minimum absolute atomic E-state index is 0.0158. The number of nitro groups is 1. The summed E-state index contributed by atoms with van der Waals surface area (Å²) in [4.78, 5) is 28.2. The number of nitrogens with zero attached hydrogens (tertiary/aromatic N) is 3. The number of amides is 1. The molecule has 7 heteroatoms. The number of ether oxygens (including phenoxy) is 1. The minimum atomic E-state index is -0.568. The van der Waals surface area contributed by atoms with Crippen LogP contribution in [0, 0.1) is 10.1 Å². The molecule has 0 aliphatic carbocycles. The number of carbonyl (C=O) groups is 1. The van der Waals surface area contributed by atoms with Gasteiger partial charge in [-0.05, 0) is 20.8 Å². The Balaban J connectivity index is 2.24. The van der Waals surface area contributed by atoms with Crippen LogP contribution in [0.15, 0.2) is 12.3 Å². The molecule has 0 bridgehead atoms. The van der Waals surface area contributed by atoms with Crippen molar-refractivity contribution in [2.24, 2.45) is 0 Å². The van der Waals surface area contributed by atoms with Crippen LogP contribution in [-0.2, 0) is 11.3 Å². The average molecular weight is 293 g/mol. The van der Waals surface area contributed by atoms with Crippen molar-refractivity contribution in [1.29, 1.82) is 0 Å². The minimum Gasteiger partial charge on any atom is -0.444 e. The van der Waals surface area contributed by atoms with Crippen LogP contribution in [0.3, 0.4) is 0 Å². The normalized spacial score (nSPS) is 18.1. The average Bonchev–Trinajstić information content (AvgIpc) is 2.35. The van der Waals surface area contributed by atoms with Crippen molar-refractivity contribution >= 4 is 11.8 Å². The number of rotatable bonds is 1. The van der Waals surface area contributed by atoms with E-state index in [1.807, 2.05) is 6.92 Å². The van der Waals surface area contributed by atoms with Gasteiger partial charge >= 0.3 is 6.09 Å². The van der Waals surface area contributed by atoms with E-state index in [2.05, 4.69) is 4.98 Å². The van der Waals surface area contributed by atoms with Gasteiger partial charge in [-0.3, -0.25) is 15.1 Å². The lowest BCUT2D eigenvalue weighted by Gasteiger charge is -2.33. The second-order valence-corrected chi connectivity index (χ2v) is 6.26. The van der Waals surface area contributed by atoms with Gasteiger partial charge in [-0.25, -0.2) is 4.79 Å². The van der Waals surface area contributed by atoms with Crippen molar-refractivity contribution in [3.05, 3.63) is 33.6 Å². The Morgan fingerprint density at radius 1 is 1.52 bits per heavy atom. The van der Waals surface area contributed by atoms with E-state index in [-0.39, 0.29) is 18.2 Å². The summed E-state index contributed by atoms with van der Waals surface area (Å²) in [5.74, 6) is 0.0158. The van der Waals surface area contributed by atoms with Gasteiger partial charge in [-0.2, -0.15) is 0 Å². The molecule has 0 aromatic carbocycles. The monoisotopic (exact) mass is 293 g/mol. The fraction of sp³-hybridized carbons (Fsp3) is 0.571. The molecule has 0 N–H and O–H groups in total. The summed E-state index contributed by atoms with van der Waals surface area (Å²) in [5, 5.41) is 10.8. The van der Waals surface area contributed by atoms with E-state index < -0.39 is 16.6 Å². The predicted molar refractivity (Wildman–Crippen MR) is 76.0 cm³/mol. The van der Waals surface area contributed by atoms with Gasteiger partial charge in [0.15, 0.2) is 0 Å². The Labute approximate surface area is 123 Å². The maximum absolute atomic E-state index is 12.1. The highest BCUT2D eigenvalue weighted by Crippen LogP contribution is 2.29. The maximum Gasteiger partial charge on any atom is 0.410 e. The fourth-order valence-corrected chi connectivity index (χ4v) is 2.33. The lowest BCUT2D eigenvalue weighted by Crippen LogP contribution is -2.41. The van der Waals surface area contributed by atoms with Crippen molar-refractivity contribution in [1.82, 2.24) is 9.88 Å². The number of hydrogen-bond acceptors (Lipinski definition) is 5. The van der Waals surface area contributed by atoms with E-state index in [4.69, 9.17) is 4.74 Å². The summed E-state index contributed by atoms with van der Waals surface area (Å²) < 4.78 is 5.35. The zero-order valence-electron chi connectivity index (χ0n) is 12.6. The number of pyridine rings is 1. The van der Waals surface area contributed by atoms with Crippen molar-refractivity contribution < 1.29 is 14.5 Å². The zero-order valence-corrected chi connectivity index (χ0v) is 12.6. The van der Waals surface area contributed by atoms with Crippen molar-refractivity contribution in [3.8, 4) is 0 Å². The first-order valence-corrected chi connectivity index (χ1v) is 6.78. The van der Waals surface area contributed by atoms with E-state index in [9.17, 15) is 14.9 Å². The number of aromatic nitrogens is 1. The van der Waals surface area contributed by atoms with E-state index >= 15 is 0 Å². The highest BCUT2D eigenvalue weighted by molar-refractivity contribution is 5.69. The van der Waals surface area contributed by atoms with Gasteiger partial charge in [-0.1, -0.05) is 6.92 Å². The van der Waals surface area contributed by atoms with Gasteiger partial charge < -0.3 is 9.64 Å². The molecule has 0 saturated carbocycles. The Morgan fingerprint density at radius 2 is 2.19 bits per heavy atom. The molecule has 1 aliphatic rings. The molecule has 0 saturated heterocycles. The summed E-state index contributed by atoms with van der Waals surface area (Å²) in [7, 11) is 0. The van der Waals surface area contributed by atoms with Crippen LogP contribution in [0.2, 0.25) is 0 Å². The van der Waals surface area contributed by atoms with Crippen molar-refractivity contribution in [2.45, 2.75) is 45.8 Å². The molecule has 0 fully saturated rings. The summed E-state index contributed by atoms with van der Waals surface area (Å²) >= 11 is 0. The van der Waals surface area contributed by atoms with Gasteiger partial charge in [0.05, 0.1) is 17.2 Å². The molecule has 1 unspecified atom stereocenters. The van der Waals surface area contributed by atoms with Crippen LogP contribution in [0.1, 0.15) is 44.9 Å². The van der Waals surface area contributed by atoms with E-state index in [0.29, 0.717) is 12.1 Å². The Bertz CT molecular complexity index is 580. The van der Waals surface area contributed by atoms with Crippen LogP contribution in [0.5, 0.6) is 0 Å². The third kappa shape index (κ3) is 3.48. The SMILES string of the molecule is CC1CN(C(=O)OC(C)(C)C)Cc2cc([N+](=O)[O-])cnc21. The first-order chi connectivity index (χ1) is 9.67. The first-order valence-electron chi connectivity index (χ1n) is 6.78. The van der Waals surface area contributed by atoms with Crippen LogP contribution in [0.25, 0.3) is 0 Å². The second kappa shape index (κ2) is 5.31.